The molecule has 0 radical (unpaired) electrons. The average Bonchev–Trinajstić information content (AvgIpc) is 3.22. The Morgan fingerprint density at radius 2 is 1.95 bits per heavy atom. The van der Waals surface area contributed by atoms with Gasteiger partial charge in [-0.15, -0.1) is 11.3 Å². The number of benzene rings is 2. The van der Waals surface area contributed by atoms with Gasteiger partial charge in [-0.1, -0.05) is 12.1 Å². The molecule has 2 aromatic carbocycles. The summed E-state index contributed by atoms with van der Waals surface area (Å²) in [5, 5.41) is 11.7. The van der Waals surface area contributed by atoms with Gasteiger partial charge < -0.3 is 5.11 Å². The van der Waals surface area contributed by atoms with E-state index in [-0.39, 0.29) is 5.82 Å². The van der Waals surface area contributed by atoms with Gasteiger partial charge in [0.15, 0.2) is 0 Å². The third-order valence-corrected chi connectivity index (χ3v) is 4.94. The number of phenolic OH excluding ortho intramolecular Hbond substituents is 1. The van der Waals surface area contributed by atoms with Gasteiger partial charge in [0.25, 0.3) is 0 Å². The minimum absolute atomic E-state index is 0.270. The molecule has 3 aromatic rings. The molecule has 2 nitrogen and oxygen atoms in total. The lowest BCUT2D eigenvalue weighted by Crippen LogP contribution is -1.88. The van der Waals surface area contributed by atoms with Gasteiger partial charge in [0.1, 0.15) is 11.6 Å². The van der Waals surface area contributed by atoms with Crippen molar-refractivity contribution in [3.8, 4) is 16.9 Å². The van der Waals surface area contributed by atoms with Crippen LogP contribution in [0, 0.1) is 12.7 Å². The van der Waals surface area contributed by atoms with E-state index < -0.39 is 0 Å². The van der Waals surface area contributed by atoms with Crippen LogP contribution in [0.4, 0.5) is 4.39 Å². The van der Waals surface area contributed by atoms with Crippen molar-refractivity contribution in [2.45, 2.75) is 25.7 Å². The van der Waals surface area contributed by atoms with Crippen molar-refractivity contribution < 1.29 is 9.50 Å². The Kier molecular flexibility index (Phi) is 2.76. The lowest BCUT2D eigenvalue weighted by atomic mass is 9.98. The molecule has 0 unspecified atom stereocenters. The lowest BCUT2D eigenvalue weighted by molar-refractivity contribution is 0.471. The smallest absolute Gasteiger partial charge is 0.128 e. The van der Waals surface area contributed by atoms with Gasteiger partial charge in [-0.3, -0.25) is 0 Å². The number of hydrogen-bond acceptors (Lipinski definition) is 3. The summed E-state index contributed by atoms with van der Waals surface area (Å²) >= 11 is 1.57. The van der Waals surface area contributed by atoms with Crippen molar-refractivity contribution in [1.82, 2.24) is 4.98 Å². The van der Waals surface area contributed by atoms with Crippen molar-refractivity contribution >= 4 is 21.6 Å². The quantitative estimate of drug-likeness (QED) is 0.723. The third kappa shape index (κ3) is 2.10. The standard InChI is InChI=1S/C17H14FNOS/c1-9-19-14-8-13(10-2-3-10)16(20)15(17(14)21-9)11-4-6-12(18)7-5-11/h4-8,10,20H,2-3H2,1H3. The molecular formula is C17H14FNOS. The highest BCUT2D eigenvalue weighted by molar-refractivity contribution is 7.19. The zero-order valence-electron chi connectivity index (χ0n) is 11.6. The molecule has 1 N–H and O–H groups in total. The van der Waals surface area contributed by atoms with Gasteiger partial charge in [-0.25, -0.2) is 9.37 Å². The highest BCUT2D eigenvalue weighted by Gasteiger charge is 2.29. The Morgan fingerprint density at radius 1 is 1.24 bits per heavy atom. The van der Waals surface area contributed by atoms with Gasteiger partial charge in [0, 0.05) is 5.56 Å². The van der Waals surface area contributed by atoms with Crippen molar-refractivity contribution in [3.05, 3.63) is 46.7 Å². The monoisotopic (exact) mass is 299 g/mol. The fraction of sp³-hybridized carbons (Fsp3) is 0.235. The van der Waals surface area contributed by atoms with E-state index in [4.69, 9.17) is 0 Å². The Labute approximate surface area is 125 Å². The number of aromatic hydroxyl groups is 1. The molecule has 1 aliphatic rings. The van der Waals surface area contributed by atoms with E-state index in [0.717, 1.165) is 44.8 Å². The maximum Gasteiger partial charge on any atom is 0.128 e. The first-order valence-corrected chi connectivity index (χ1v) is 7.84. The first-order chi connectivity index (χ1) is 10.1. The zero-order chi connectivity index (χ0) is 14.6. The van der Waals surface area contributed by atoms with E-state index in [9.17, 15) is 9.50 Å². The van der Waals surface area contributed by atoms with Crippen LogP contribution in [-0.2, 0) is 0 Å². The Bertz CT molecular complexity index is 834. The van der Waals surface area contributed by atoms with Gasteiger partial charge in [-0.05, 0) is 55.0 Å². The fourth-order valence-electron chi connectivity index (χ4n) is 2.78. The summed E-state index contributed by atoms with van der Waals surface area (Å²) in [6, 6.07) is 8.31. The minimum atomic E-state index is -0.270. The second kappa shape index (κ2) is 4.53. The van der Waals surface area contributed by atoms with Crippen LogP contribution >= 0.6 is 11.3 Å². The summed E-state index contributed by atoms with van der Waals surface area (Å²) in [7, 11) is 0. The molecule has 0 amide bonds. The fourth-order valence-corrected chi connectivity index (χ4v) is 3.74. The number of thiazole rings is 1. The van der Waals surface area contributed by atoms with Gasteiger partial charge in [-0.2, -0.15) is 0 Å². The molecule has 4 rings (SSSR count). The number of halogens is 1. The van der Waals surface area contributed by atoms with E-state index in [2.05, 4.69) is 4.98 Å². The Morgan fingerprint density at radius 3 is 2.62 bits per heavy atom. The summed E-state index contributed by atoms with van der Waals surface area (Å²) in [4.78, 5) is 4.56. The number of hydrogen-bond donors (Lipinski definition) is 1. The van der Waals surface area contributed by atoms with Crippen LogP contribution in [0.15, 0.2) is 30.3 Å². The molecule has 1 heterocycles. The minimum Gasteiger partial charge on any atom is -0.507 e. The average molecular weight is 299 g/mol. The highest BCUT2D eigenvalue weighted by atomic mass is 32.1. The van der Waals surface area contributed by atoms with Crippen LogP contribution < -0.4 is 0 Å². The predicted molar refractivity (Wildman–Crippen MR) is 83.4 cm³/mol. The van der Waals surface area contributed by atoms with E-state index in [0.29, 0.717) is 11.7 Å². The van der Waals surface area contributed by atoms with Crippen molar-refractivity contribution in [3.63, 3.8) is 0 Å². The SMILES string of the molecule is Cc1nc2cc(C3CC3)c(O)c(-c3ccc(F)cc3)c2s1. The zero-order valence-corrected chi connectivity index (χ0v) is 12.4. The third-order valence-electron chi connectivity index (χ3n) is 3.94. The topological polar surface area (TPSA) is 33.1 Å². The van der Waals surface area contributed by atoms with Crippen molar-refractivity contribution in [2.24, 2.45) is 0 Å². The molecule has 0 aliphatic heterocycles. The van der Waals surface area contributed by atoms with Crippen LogP contribution in [0.25, 0.3) is 21.3 Å². The van der Waals surface area contributed by atoms with E-state index in [1.807, 2.05) is 13.0 Å². The molecule has 0 atom stereocenters. The molecule has 21 heavy (non-hydrogen) atoms. The van der Waals surface area contributed by atoms with E-state index in [1.165, 1.54) is 12.1 Å². The summed E-state index contributed by atoms with van der Waals surface area (Å²) < 4.78 is 14.1. The molecule has 1 saturated carbocycles. The molecule has 0 saturated heterocycles. The lowest BCUT2D eigenvalue weighted by Gasteiger charge is -2.11. The number of aryl methyl sites for hydroxylation is 1. The molecule has 1 aliphatic carbocycles. The molecular weight excluding hydrogens is 285 g/mol. The number of fused-ring (bicyclic) bond motifs is 1. The summed E-state index contributed by atoms with van der Waals surface area (Å²) in [6.45, 7) is 1.97. The van der Waals surface area contributed by atoms with Crippen LogP contribution in [0.2, 0.25) is 0 Å². The van der Waals surface area contributed by atoms with Gasteiger partial charge in [0.2, 0.25) is 0 Å². The molecule has 1 fully saturated rings. The molecule has 0 bridgehead atoms. The summed E-state index contributed by atoms with van der Waals surface area (Å²) in [5.74, 6) is 0.504. The van der Waals surface area contributed by atoms with Crippen molar-refractivity contribution in [2.75, 3.05) is 0 Å². The highest BCUT2D eigenvalue weighted by Crippen LogP contribution is 2.50. The summed E-state index contributed by atoms with van der Waals surface area (Å²) in [5.41, 5.74) is 3.54. The first-order valence-electron chi connectivity index (χ1n) is 7.02. The Hall–Kier alpha value is -1.94. The van der Waals surface area contributed by atoms with Crippen molar-refractivity contribution in [1.29, 1.82) is 0 Å². The second-order valence-electron chi connectivity index (χ2n) is 5.55. The molecule has 4 heteroatoms. The van der Waals surface area contributed by atoms with Crippen LogP contribution in [0.3, 0.4) is 0 Å². The molecule has 0 spiro atoms. The summed E-state index contributed by atoms with van der Waals surface area (Å²) in [6.07, 6.45) is 2.23. The predicted octanol–water partition coefficient (Wildman–Crippen LogP) is 4.99. The van der Waals surface area contributed by atoms with E-state index >= 15 is 0 Å². The van der Waals surface area contributed by atoms with E-state index in [1.54, 1.807) is 23.5 Å². The van der Waals surface area contributed by atoms with Gasteiger partial charge >= 0.3 is 0 Å². The van der Waals surface area contributed by atoms with Gasteiger partial charge in [0.05, 0.1) is 15.2 Å². The number of nitrogens with zero attached hydrogens (tertiary/aromatic N) is 1. The second-order valence-corrected chi connectivity index (χ2v) is 6.75. The Balaban J connectivity index is 2.04. The number of aromatic nitrogens is 1. The number of rotatable bonds is 2. The largest absolute Gasteiger partial charge is 0.507 e. The first kappa shape index (κ1) is 12.8. The maximum absolute atomic E-state index is 13.2. The molecule has 1 aromatic heterocycles. The van der Waals surface area contributed by atoms with Crippen LogP contribution in [0.5, 0.6) is 5.75 Å². The maximum atomic E-state index is 13.2. The number of phenols is 1. The van der Waals surface area contributed by atoms with Crippen LogP contribution in [-0.4, -0.2) is 10.1 Å². The molecule has 106 valence electrons. The van der Waals surface area contributed by atoms with Crippen LogP contribution in [0.1, 0.15) is 29.3 Å². The normalized spacial score (nSPS) is 14.8.